The van der Waals surface area contributed by atoms with E-state index in [2.05, 4.69) is 10.3 Å². The minimum atomic E-state index is -0.0416. The van der Waals surface area contributed by atoms with Gasteiger partial charge in [0.15, 0.2) is 4.96 Å². The van der Waals surface area contributed by atoms with E-state index in [-0.39, 0.29) is 5.91 Å². The van der Waals surface area contributed by atoms with Crippen molar-refractivity contribution in [3.05, 3.63) is 53.3 Å². The van der Waals surface area contributed by atoms with Crippen molar-refractivity contribution in [3.63, 3.8) is 0 Å². The van der Waals surface area contributed by atoms with Crippen molar-refractivity contribution in [1.29, 1.82) is 0 Å². The summed E-state index contributed by atoms with van der Waals surface area (Å²) >= 11 is 1.56. The maximum atomic E-state index is 12.0. The molecule has 4 nitrogen and oxygen atoms in total. The molecule has 1 N–H and O–H groups in total. The number of hydrogen-bond donors (Lipinski definition) is 1. The largest absolute Gasteiger partial charge is 0.326 e. The number of thiazole rings is 1. The number of fused-ring (bicyclic) bond motifs is 1. The van der Waals surface area contributed by atoms with E-state index in [1.54, 1.807) is 11.3 Å². The molecule has 0 atom stereocenters. The van der Waals surface area contributed by atoms with Gasteiger partial charge >= 0.3 is 0 Å². The van der Waals surface area contributed by atoms with E-state index >= 15 is 0 Å². The van der Waals surface area contributed by atoms with E-state index in [0.717, 1.165) is 21.9 Å². The highest BCUT2D eigenvalue weighted by atomic mass is 32.1. The van der Waals surface area contributed by atoms with E-state index in [1.165, 1.54) is 0 Å². The van der Waals surface area contributed by atoms with Crippen LogP contribution in [-0.4, -0.2) is 15.3 Å². The molecule has 96 valence electrons. The van der Waals surface area contributed by atoms with Crippen LogP contribution in [-0.2, 0) is 11.2 Å². The van der Waals surface area contributed by atoms with Gasteiger partial charge in [0, 0.05) is 23.5 Å². The lowest BCUT2D eigenvalue weighted by Gasteiger charge is -2.06. The number of anilines is 1. The van der Waals surface area contributed by atoms with Gasteiger partial charge in [-0.2, -0.15) is 0 Å². The van der Waals surface area contributed by atoms with Gasteiger partial charge in [0.05, 0.1) is 12.1 Å². The van der Waals surface area contributed by atoms with Crippen LogP contribution in [0.4, 0.5) is 5.69 Å². The molecule has 0 unspecified atom stereocenters. The Hall–Kier alpha value is -2.14. The van der Waals surface area contributed by atoms with Crippen molar-refractivity contribution in [1.82, 2.24) is 9.38 Å². The third-order valence-electron chi connectivity index (χ3n) is 2.90. The van der Waals surface area contributed by atoms with Gasteiger partial charge in [0.25, 0.3) is 0 Å². The Morgan fingerprint density at radius 2 is 2.26 bits per heavy atom. The van der Waals surface area contributed by atoms with Crippen LogP contribution < -0.4 is 5.32 Å². The molecule has 0 radical (unpaired) electrons. The molecular formula is C14H13N3OS. The number of aromatic nitrogens is 2. The lowest BCUT2D eigenvalue weighted by Crippen LogP contribution is -2.15. The van der Waals surface area contributed by atoms with Crippen molar-refractivity contribution in [3.8, 4) is 0 Å². The van der Waals surface area contributed by atoms with E-state index < -0.39 is 0 Å². The van der Waals surface area contributed by atoms with Gasteiger partial charge in [-0.05, 0) is 18.6 Å². The molecular weight excluding hydrogens is 258 g/mol. The third kappa shape index (κ3) is 2.51. The average Bonchev–Trinajstić information content (AvgIpc) is 2.92. The van der Waals surface area contributed by atoms with Crippen molar-refractivity contribution >= 4 is 27.9 Å². The second-order valence-corrected chi connectivity index (χ2v) is 5.24. The highest BCUT2D eigenvalue weighted by Crippen LogP contribution is 2.15. The summed E-state index contributed by atoms with van der Waals surface area (Å²) in [6.45, 7) is 1.97. The Morgan fingerprint density at radius 3 is 3.05 bits per heavy atom. The van der Waals surface area contributed by atoms with Gasteiger partial charge in [0.1, 0.15) is 0 Å². The molecule has 1 amide bonds. The fourth-order valence-electron chi connectivity index (χ4n) is 1.93. The first-order chi connectivity index (χ1) is 9.22. The van der Waals surface area contributed by atoms with Crippen LogP contribution in [0.25, 0.3) is 4.96 Å². The predicted molar refractivity (Wildman–Crippen MR) is 76.6 cm³/mol. The highest BCUT2D eigenvalue weighted by Gasteiger charge is 2.09. The van der Waals surface area contributed by atoms with Crippen molar-refractivity contribution in [2.75, 3.05) is 5.32 Å². The molecule has 1 aromatic carbocycles. The number of aryl methyl sites for hydroxylation is 1. The standard InChI is InChI=1S/C14H13N3OS/c1-10-4-2-3-5-12(10)16-13(18)8-11-9-17-6-7-19-14(17)15-11/h2-7,9H,8H2,1H3,(H,16,18). The summed E-state index contributed by atoms with van der Waals surface area (Å²) in [5.74, 6) is -0.0416. The molecule has 0 aliphatic rings. The number of carbonyl (C=O) groups is 1. The smallest absolute Gasteiger partial charge is 0.230 e. The van der Waals surface area contributed by atoms with Gasteiger partial charge in [-0.25, -0.2) is 4.98 Å². The highest BCUT2D eigenvalue weighted by molar-refractivity contribution is 7.15. The quantitative estimate of drug-likeness (QED) is 0.796. The van der Waals surface area contributed by atoms with Gasteiger partial charge in [-0.15, -0.1) is 11.3 Å². The Bertz CT molecular complexity index is 700. The van der Waals surface area contributed by atoms with Gasteiger partial charge in [-0.1, -0.05) is 18.2 Å². The summed E-state index contributed by atoms with van der Waals surface area (Å²) in [4.78, 5) is 17.3. The normalized spacial score (nSPS) is 10.8. The minimum absolute atomic E-state index is 0.0416. The van der Waals surface area contributed by atoms with E-state index in [1.807, 2.05) is 53.4 Å². The SMILES string of the molecule is Cc1ccccc1NC(=O)Cc1cn2ccsc2n1. The number of nitrogens with one attached hydrogen (secondary N) is 1. The summed E-state index contributed by atoms with van der Waals surface area (Å²) in [6.07, 6.45) is 4.13. The molecule has 0 aliphatic heterocycles. The van der Waals surface area contributed by atoms with Crippen LogP contribution in [0.15, 0.2) is 42.0 Å². The van der Waals surface area contributed by atoms with Gasteiger partial charge in [0.2, 0.25) is 5.91 Å². The average molecular weight is 271 g/mol. The van der Waals surface area contributed by atoms with Crippen LogP contribution in [0.1, 0.15) is 11.3 Å². The maximum absolute atomic E-state index is 12.0. The number of nitrogens with zero attached hydrogens (tertiary/aromatic N) is 2. The minimum Gasteiger partial charge on any atom is -0.326 e. The molecule has 2 aromatic heterocycles. The summed E-state index contributed by atoms with van der Waals surface area (Å²) in [7, 11) is 0. The Kier molecular flexibility index (Phi) is 3.05. The first-order valence-electron chi connectivity index (χ1n) is 5.99. The Balaban J connectivity index is 1.72. The molecule has 3 rings (SSSR count). The van der Waals surface area contributed by atoms with Crippen molar-refractivity contribution in [2.24, 2.45) is 0 Å². The second-order valence-electron chi connectivity index (χ2n) is 4.36. The molecule has 0 bridgehead atoms. The maximum Gasteiger partial charge on any atom is 0.230 e. The number of para-hydroxylation sites is 1. The number of hydrogen-bond acceptors (Lipinski definition) is 3. The van der Waals surface area contributed by atoms with Crippen LogP contribution in [0, 0.1) is 6.92 Å². The summed E-state index contributed by atoms with van der Waals surface area (Å²) in [5.41, 5.74) is 2.70. The van der Waals surface area contributed by atoms with Crippen molar-refractivity contribution < 1.29 is 4.79 Å². The van der Waals surface area contributed by atoms with Gasteiger partial charge in [-0.3, -0.25) is 9.20 Å². The molecule has 0 saturated carbocycles. The Labute approximate surface area is 114 Å². The summed E-state index contributed by atoms with van der Waals surface area (Å²) in [5, 5.41) is 4.88. The second kappa shape index (κ2) is 4.85. The van der Waals surface area contributed by atoms with Crippen LogP contribution in [0.5, 0.6) is 0 Å². The number of imidazole rings is 1. The molecule has 2 heterocycles. The lowest BCUT2D eigenvalue weighted by molar-refractivity contribution is -0.115. The lowest BCUT2D eigenvalue weighted by atomic mass is 10.2. The fourth-order valence-corrected chi connectivity index (χ4v) is 2.65. The molecule has 0 spiro atoms. The topological polar surface area (TPSA) is 46.4 Å². The van der Waals surface area contributed by atoms with E-state index in [0.29, 0.717) is 6.42 Å². The monoisotopic (exact) mass is 271 g/mol. The van der Waals surface area contributed by atoms with Crippen LogP contribution >= 0.6 is 11.3 Å². The van der Waals surface area contributed by atoms with Gasteiger partial charge < -0.3 is 5.32 Å². The molecule has 0 aliphatic carbocycles. The van der Waals surface area contributed by atoms with E-state index in [9.17, 15) is 4.79 Å². The zero-order chi connectivity index (χ0) is 13.2. The summed E-state index contributed by atoms with van der Waals surface area (Å²) in [6, 6.07) is 7.74. The van der Waals surface area contributed by atoms with E-state index in [4.69, 9.17) is 0 Å². The number of carbonyl (C=O) groups excluding carboxylic acids is 1. The van der Waals surface area contributed by atoms with Crippen LogP contribution in [0.2, 0.25) is 0 Å². The molecule has 3 aromatic rings. The third-order valence-corrected chi connectivity index (χ3v) is 3.67. The van der Waals surface area contributed by atoms with Crippen molar-refractivity contribution in [2.45, 2.75) is 13.3 Å². The molecule has 0 saturated heterocycles. The summed E-state index contributed by atoms with van der Waals surface area (Å²) < 4.78 is 1.93. The molecule has 5 heteroatoms. The number of rotatable bonds is 3. The fraction of sp³-hybridized carbons (Fsp3) is 0.143. The first-order valence-corrected chi connectivity index (χ1v) is 6.87. The number of amides is 1. The number of benzene rings is 1. The van der Waals surface area contributed by atoms with Crippen LogP contribution in [0.3, 0.4) is 0 Å². The predicted octanol–water partition coefficient (Wildman–Crippen LogP) is 2.89. The first kappa shape index (κ1) is 11.9. The molecule has 0 fully saturated rings. The zero-order valence-electron chi connectivity index (χ0n) is 10.5. The molecule has 19 heavy (non-hydrogen) atoms. The Morgan fingerprint density at radius 1 is 1.42 bits per heavy atom. The zero-order valence-corrected chi connectivity index (χ0v) is 11.3.